The zero-order valence-corrected chi connectivity index (χ0v) is 17.7. The number of rotatable bonds is 5. The lowest BCUT2D eigenvalue weighted by atomic mass is 10.1. The fourth-order valence-corrected chi connectivity index (χ4v) is 3.41. The first-order valence-electron chi connectivity index (χ1n) is 9.32. The van der Waals surface area contributed by atoms with Gasteiger partial charge >= 0.3 is 0 Å². The van der Waals surface area contributed by atoms with Gasteiger partial charge in [-0.3, -0.25) is 14.4 Å². The summed E-state index contributed by atoms with van der Waals surface area (Å²) >= 11 is 12.0. The van der Waals surface area contributed by atoms with E-state index >= 15 is 0 Å². The van der Waals surface area contributed by atoms with Crippen molar-refractivity contribution in [3.63, 3.8) is 0 Å². The molecule has 0 aromatic heterocycles. The fraction of sp³-hybridized carbons (Fsp3) is 0. The minimum atomic E-state index is -0.685. The van der Waals surface area contributed by atoms with E-state index in [9.17, 15) is 18.8 Å². The molecule has 0 aliphatic carbocycles. The standard InChI is InChI=1S/C23H14Cl2FN3O3/c24-14-8-10-16(11-9-14)29-22(31)19(25)20(23(29)32)27-15-5-3-4-13(12-15)21(30)28-18-7-2-1-6-17(18)26/h1-12,27H,(H,28,30). The summed E-state index contributed by atoms with van der Waals surface area (Å²) in [6, 6.07) is 18.1. The Labute approximate surface area is 192 Å². The maximum Gasteiger partial charge on any atom is 0.283 e. The summed E-state index contributed by atoms with van der Waals surface area (Å²) in [5.74, 6) is -2.45. The molecule has 6 nitrogen and oxygen atoms in total. The Hall–Kier alpha value is -3.68. The van der Waals surface area contributed by atoms with Crippen molar-refractivity contribution < 1.29 is 18.8 Å². The summed E-state index contributed by atoms with van der Waals surface area (Å²) in [6.07, 6.45) is 0. The summed E-state index contributed by atoms with van der Waals surface area (Å²) in [5.41, 5.74) is 0.784. The van der Waals surface area contributed by atoms with Crippen LogP contribution in [-0.2, 0) is 9.59 Å². The van der Waals surface area contributed by atoms with Crippen LogP contribution < -0.4 is 15.5 Å². The van der Waals surface area contributed by atoms with E-state index in [4.69, 9.17) is 23.2 Å². The number of benzene rings is 3. The Morgan fingerprint density at radius 2 is 1.59 bits per heavy atom. The summed E-state index contributed by atoms with van der Waals surface area (Å²) in [4.78, 5) is 38.9. The van der Waals surface area contributed by atoms with E-state index in [2.05, 4.69) is 10.6 Å². The van der Waals surface area contributed by atoms with E-state index in [0.29, 0.717) is 16.4 Å². The Kier molecular flexibility index (Phi) is 5.94. The van der Waals surface area contributed by atoms with Gasteiger partial charge in [-0.05, 0) is 54.6 Å². The Balaban J connectivity index is 1.55. The second-order valence-corrected chi connectivity index (χ2v) is 7.57. The molecule has 9 heteroatoms. The lowest BCUT2D eigenvalue weighted by molar-refractivity contribution is -0.120. The van der Waals surface area contributed by atoms with E-state index in [1.54, 1.807) is 30.3 Å². The van der Waals surface area contributed by atoms with Crippen molar-refractivity contribution in [3.05, 3.63) is 99.9 Å². The Morgan fingerprint density at radius 1 is 0.875 bits per heavy atom. The van der Waals surface area contributed by atoms with E-state index in [-0.39, 0.29) is 22.0 Å². The molecule has 2 N–H and O–H groups in total. The average molecular weight is 470 g/mol. The SMILES string of the molecule is O=C(Nc1ccccc1F)c1cccc(NC2=C(Cl)C(=O)N(c3ccc(Cl)cc3)C2=O)c1. The molecule has 0 saturated carbocycles. The van der Waals surface area contributed by atoms with Crippen LogP contribution in [0.4, 0.5) is 21.5 Å². The molecule has 3 aromatic rings. The zero-order chi connectivity index (χ0) is 22.8. The molecule has 0 saturated heterocycles. The van der Waals surface area contributed by atoms with Crippen LogP contribution in [0.2, 0.25) is 5.02 Å². The lowest BCUT2D eigenvalue weighted by Crippen LogP contribution is -2.32. The summed E-state index contributed by atoms with van der Waals surface area (Å²) in [6.45, 7) is 0. The van der Waals surface area contributed by atoms with Gasteiger partial charge in [0.2, 0.25) is 0 Å². The van der Waals surface area contributed by atoms with E-state index in [1.165, 1.54) is 42.5 Å². The van der Waals surface area contributed by atoms with Gasteiger partial charge < -0.3 is 10.6 Å². The highest BCUT2D eigenvalue weighted by atomic mass is 35.5. The number of anilines is 3. The number of carbonyl (C=O) groups excluding carboxylic acids is 3. The molecule has 0 spiro atoms. The van der Waals surface area contributed by atoms with Crippen LogP contribution in [0.3, 0.4) is 0 Å². The van der Waals surface area contributed by atoms with Crippen molar-refractivity contribution in [2.75, 3.05) is 15.5 Å². The quantitative estimate of drug-likeness (QED) is 0.505. The molecule has 3 aromatic carbocycles. The highest BCUT2D eigenvalue weighted by Crippen LogP contribution is 2.31. The van der Waals surface area contributed by atoms with E-state index in [0.717, 1.165) is 4.90 Å². The van der Waals surface area contributed by atoms with Gasteiger partial charge in [0.05, 0.1) is 11.4 Å². The smallest absolute Gasteiger partial charge is 0.283 e. The number of nitrogens with zero attached hydrogens (tertiary/aromatic N) is 1. The number of hydrogen-bond donors (Lipinski definition) is 2. The number of para-hydroxylation sites is 1. The summed E-state index contributed by atoms with van der Waals surface area (Å²) < 4.78 is 13.8. The van der Waals surface area contributed by atoms with E-state index < -0.39 is 23.5 Å². The van der Waals surface area contributed by atoms with Gasteiger partial charge in [0.15, 0.2) is 0 Å². The zero-order valence-electron chi connectivity index (χ0n) is 16.2. The minimum Gasteiger partial charge on any atom is -0.350 e. The number of halogens is 3. The number of nitrogens with one attached hydrogen (secondary N) is 2. The van der Waals surface area contributed by atoms with Crippen molar-refractivity contribution in [2.45, 2.75) is 0 Å². The first kappa shape index (κ1) is 21.5. The maximum absolute atomic E-state index is 13.8. The second kappa shape index (κ2) is 8.82. The van der Waals surface area contributed by atoms with Gasteiger partial charge in [-0.15, -0.1) is 0 Å². The fourth-order valence-electron chi connectivity index (χ4n) is 3.08. The minimum absolute atomic E-state index is 0.0387. The monoisotopic (exact) mass is 469 g/mol. The molecule has 0 radical (unpaired) electrons. The van der Waals surface area contributed by atoms with Gasteiger partial charge in [0, 0.05) is 16.3 Å². The topological polar surface area (TPSA) is 78.5 Å². The second-order valence-electron chi connectivity index (χ2n) is 6.75. The van der Waals surface area contributed by atoms with Gasteiger partial charge in [0.25, 0.3) is 17.7 Å². The van der Waals surface area contributed by atoms with Gasteiger partial charge in [-0.2, -0.15) is 0 Å². The van der Waals surface area contributed by atoms with Crippen molar-refractivity contribution in [1.82, 2.24) is 0 Å². The molecule has 1 aliphatic heterocycles. The van der Waals surface area contributed by atoms with Crippen LogP contribution >= 0.6 is 23.2 Å². The van der Waals surface area contributed by atoms with Gasteiger partial charge in [-0.25, -0.2) is 9.29 Å². The molecule has 0 atom stereocenters. The first-order valence-corrected chi connectivity index (χ1v) is 10.1. The van der Waals surface area contributed by atoms with E-state index in [1.807, 2.05) is 0 Å². The molecule has 0 fully saturated rings. The van der Waals surface area contributed by atoms with Crippen LogP contribution in [-0.4, -0.2) is 17.7 Å². The molecule has 4 rings (SSSR count). The van der Waals surface area contributed by atoms with Crippen LogP contribution in [0.1, 0.15) is 10.4 Å². The number of carbonyl (C=O) groups is 3. The summed E-state index contributed by atoms with van der Waals surface area (Å²) in [5, 5.41) is 5.46. The molecule has 1 aliphatic rings. The Bertz CT molecular complexity index is 1280. The third-order valence-corrected chi connectivity index (χ3v) is 5.23. The maximum atomic E-state index is 13.8. The normalized spacial score (nSPS) is 13.5. The van der Waals surface area contributed by atoms with Crippen molar-refractivity contribution in [2.24, 2.45) is 0 Å². The Morgan fingerprint density at radius 3 is 2.31 bits per heavy atom. The predicted octanol–water partition coefficient (Wildman–Crippen LogP) is 5.17. The third-order valence-electron chi connectivity index (χ3n) is 4.63. The van der Waals surface area contributed by atoms with Gasteiger partial charge in [-0.1, -0.05) is 41.4 Å². The van der Waals surface area contributed by atoms with Crippen LogP contribution in [0, 0.1) is 5.82 Å². The largest absolute Gasteiger partial charge is 0.350 e. The first-order chi connectivity index (χ1) is 15.3. The molecular weight excluding hydrogens is 456 g/mol. The number of imide groups is 1. The van der Waals surface area contributed by atoms with Crippen molar-refractivity contribution in [1.29, 1.82) is 0 Å². The van der Waals surface area contributed by atoms with Crippen molar-refractivity contribution >= 4 is 58.0 Å². The molecule has 160 valence electrons. The lowest BCUT2D eigenvalue weighted by Gasteiger charge is -2.15. The highest BCUT2D eigenvalue weighted by Gasteiger charge is 2.39. The van der Waals surface area contributed by atoms with Crippen LogP contribution in [0.25, 0.3) is 0 Å². The van der Waals surface area contributed by atoms with Gasteiger partial charge in [0.1, 0.15) is 16.5 Å². The van der Waals surface area contributed by atoms with Crippen LogP contribution in [0.15, 0.2) is 83.5 Å². The summed E-state index contributed by atoms with van der Waals surface area (Å²) in [7, 11) is 0. The molecule has 3 amide bonds. The number of hydrogen-bond acceptors (Lipinski definition) is 4. The molecule has 1 heterocycles. The average Bonchev–Trinajstić information content (AvgIpc) is 2.99. The molecule has 0 unspecified atom stereocenters. The van der Waals surface area contributed by atoms with Crippen molar-refractivity contribution in [3.8, 4) is 0 Å². The predicted molar refractivity (Wildman–Crippen MR) is 121 cm³/mol. The molecule has 0 bridgehead atoms. The highest BCUT2D eigenvalue weighted by molar-refractivity contribution is 6.53. The molecule has 32 heavy (non-hydrogen) atoms. The van der Waals surface area contributed by atoms with Crippen LogP contribution in [0.5, 0.6) is 0 Å². The third kappa shape index (κ3) is 4.21. The molecular formula is C23H14Cl2FN3O3. The number of amides is 3.